The molecule has 0 saturated carbocycles. The first-order valence-electron chi connectivity index (χ1n) is 8.02. The van der Waals surface area contributed by atoms with Gasteiger partial charge < -0.3 is 25.0 Å². The second kappa shape index (κ2) is 8.87. The van der Waals surface area contributed by atoms with E-state index in [2.05, 4.69) is 26.6 Å². The van der Waals surface area contributed by atoms with Crippen molar-refractivity contribution in [1.29, 1.82) is 0 Å². The molecular formula is C17H23BrN3O4+. The standard InChI is InChI=1S/C17H22BrN3O4/c1-4-25-16(22)13-8-19-17(23)20-14(13)10-21(2)9-11-7-12(18)5-6-15(11)24-3/h5-7H,4,8-10H2,1-3H3,(H2,19,20,23)/p+1. The van der Waals surface area contributed by atoms with Crippen LogP contribution in [0.2, 0.25) is 0 Å². The van der Waals surface area contributed by atoms with Gasteiger partial charge in [-0.2, -0.15) is 0 Å². The van der Waals surface area contributed by atoms with E-state index in [1.54, 1.807) is 14.0 Å². The van der Waals surface area contributed by atoms with Crippen LogP contribution in [0.1, 0.15) is 12.5 Å². The Morgan fingerprint density at radius 1 is 1.36 bits per heavy atom. The van der Waals surface area contributed by atoms with Crippen molar-refractivity contribution in [2.45, 2.75) is 13.5 Å². The molecule has 1 unspecified atom stereocenters. The van der Waals surface area contributed by atoms with Crippen molar-refractivity contribution < 1.29 is 24.0 Å². The highest BCUT2D eigenvalue weighted by Gasteiger charge is 2.26. The van der Waals surface area contributed by atoms with E-state index in [0.29, 0.717) is 31.0 Å². The Morgan fingerprint density at radius 2 is 2.12 bits per heavy atom. The number of esters is 1. The summed E-state index contributed by atoms with van der Waals surface area (Å²) >= 11 is 3.47. The number of benzene rings is 1. The highest BCUT2D eigenvalue weighted by molar-refractivity contribution is 9.10. The third-order valence-corrected chi connectivity index (χ3v) is 4.28. The van der Waals surface area contributed by atoms with Gasteiger partial charge in [-0.1, -0.05) is 15.9 Å². The zero-order valence-electron chi connectivity index (χ0n) is 14.6. The summed E-state index contributed by atoms with van der Waals surface area (Å²) in [5.41, 5.74) is 2.09. The van der Waals surface area contributed by atoms with Gasteiger partial charge in [-0.05, 0) is 25.1 Å². The van der Waals surface area contributed by atoms with Gasteiger partial charge in [-0.25, -0.2) is 9.59 Å². The second-order valence-corrected chi connectivity index (χ2v) is 6.67. The van der Waals surface area contributed by atoms with Gasteiger partial charge in [0.05, 0.1) is 38.6 Å². The molecule has 7 nitrogen and oxygen atoms in total. The molecule has 1 atom stereocenters. The first-order valence-corrected chi connectivity index (χ1v) is 8.81. The van der Waals surface area contributed by atoms with Crippen molar-refractivity contribution in [3.8, 4) is 5.75 Å². The van der Waals surface area contributed by atoms with Crippen molar-refractivity contribution in [3.63, 3.8) is 0 Å². The molecule has 0 aliphatic carbocycles. The summed E-state index contributed by atoms with van der Waals surface area (Å²) in [6.07, 6.45) is 0. The zero-order chi connectivity index (χ0) is 18.4. The summed E-state index contributed by atoms with van der Waals surface area (Å²) in [5, 5.41) is 5.34. The lowest BCUT2D eigenvalue weighted by atomic mass is 10.1. The van der Waals surface area contributed by atoms with Crippen LogP contribution in [0.5, 0.6) is 5.75 Å². The number of likely N-dealkylation sites (N-methyl/N-ethyl adjacent to an activating group) is 1. The van der Waals surface area contributed by atoms with E-state index in [-0.39, 0.29) is 12.6 Å². The molecule has 2 rings (SSSR count). The van der Waals surface area contributed by atoms with Crippen LogP contribution in [-0.2, 0) is 16.1 Å². The van der Waals surface area contributed by atoms with Crippen LogP contribution in [0.25, 0.3) is 0 Å². The van der Waals surface area contributed by atoms with E-state index in [9.17, 15) is 9.59 Å². The van der Waals surface area contributed by atoms with Gasteiger partial charge in [0, 0.05) is 10.0 Å². The lowest BCUT2D eigenvalue weighted by Gasteiger charge is -2.24. The van der Waals surface area contributed by atoms with Crippen LogP contribution in [0.4, 0.5) is 4.79 Å². The zero-order valence-corrected chi connectivity index (χ0v) is 16.2. The Bertz CT molecular complexity index is 690. The Kier molecular flexibility index (Phi) is 6.83. The Labute approximate surface area is 155 Å². The fourth-order valence-electron chi connectivity index (χ4n) is 2.67. The fourth-order valence-corrected chi connectivity index (χ4v) is 3.08. The molecular weight excluding hydrogens is 390 g/mol. The predicted molar refractivity (Wildman–Crippen MR) is 96.3 cm³/mol. The second-order valence-electron chi connectivity index (χ2n) is 5.75. The Morgan fingerprint density at radius 3 is 2.80 bits per heavy atom. The molecule has 0 saturated heterocycles. The summed E-state index contributed by atoms with van der Waals surface area (Å²) in [5.74, 6) is 0.398. The normalized spacial score (nSPS) is 15.3. The maximum absolute atomic E-state index is 12.1. The molecule has 2 amide bonds. The molecule has 0 radical (unpaired) electrons. The Balaban J connectivity index is 2.16. The molecule has 1 aliphatic rings. The number of carbonyl (C=O) groups excluding carboxylic acids is 2. The number of nitrogens with one attached hydrogen (secondary N) is 3. The third kappa shape index (κ3) is 5.20. The number of quaternary nitrogens is 1. The lowest BCUT2D eigenvalue weighted by molar-refractivity contribution is -0.889. The number of carbonyl (C=O) groups is 2. The SMILES string of the molecule is CCOC(=O)C1=C(C[NH+](C)Cc2cc(Br)ccc2OC)NC(=O)NC1. The molecule has 1 heterocycles. The lowest BCUT2D eigenvalue weighted by Crippen LogP contribution is -3.08. The van der Waals surface area contributed by atoms with Crippen LogP contribution in [-0.4, -0.2) is 45.9 Å². The topological polar surface area (TPSA) is 81.1 Å². The number of hydrogen-bond acceptors (Lipinski definition) is 4. The number of halogens is 1. The minimum absolute atomic E-state index is 0.174. The smallest absolute Gasteiger partial charge is 0.337 e. The van der Waals surface area contributed by atoms with E-state index in [0.717, 1.165) is 20.7 Å². The first-order chi connectivity index (χ1) is 11.9. The van der Waals surface area contributed by atoms with Crippen molar-refractivity contribution in [2.24, 2.45) is 0 Å². The van der Waals surface area contributed by atoms with E-state index in [1.165, 1.54) is 0 Å². The minimum atomic E-state index is -0.405. The summed E-state index contributed by atoms with van der Waals surface area (Å²) in [6, 6.07) is 5.52. The van der Waals surface area contributed by atoms with E-state index in [4.69, 9.17) is 9.47 Å². The van der Waals surface area contributed by atoms with E-state index in [1.807, 2.05) is 25.2 Å². The first kappa shape index (κ1) is 19.3. The molecule has 0 bridgehead atoms. The average molecular weight is 413 g/mol. The largest absolute Gasteiger partial charge is 0.496 e. The average Bonchev–Trinajstić information content (AvgIpc) is 2.55. The summed E-state index contributed by atoms with van der Waals surface area (Å²) < 4.78 is 11.4. The van der Waals surface area contributed by atoms with Crippen LogP contribution < -0.4 is 20.3 Å². The number of methoxy groups -OCH3 is 1. The predicted octanol–water partition coefficient (Wildman–Crippen LogP) is 0.602. The Hall–Kier alpha value is -2.06. The molecule has 1 aromatic carbocycles. The molecule has 136 valence electrons. The summed E-state index contributed by atoms with van der Waals surface area (Å²) in [6.45, 7) is 3.38. The molecule has 0 spiro atoms. The van der Waals surface area contributed by atoms with E-state index >= 15 is 0 Å². The van der Waals surface area contributed by atoms with Crippen LogP contribution >= 0.6 is 15.9 Å². The molecule has 1 aliphatic heterocycles. The van der Waals surface area contributed by atoms with Crippen LogP contribution in [0.3, 0.4) is 0 Å². The van der Waals surface area contributed by atoms with Gasteiger partial charge in [0.2, 0.25) is 0 Å². The van der Waals surface area contributed by atoms with Crippen molar-refractivity contribution >= 4 is 27.9 Å². The molecule has 8 heteroatoms. The minimum Gasteiger partial charge on any atom is -0.496 e. The van der Waals surface area contributed by atoms with Crippen LogP contribution in [0, 0.1) is 0 Å². The summed E-state index contributed by atoms with van der Waals surface area (Å²) in [4.78, 5) is 24.8. The van der Waals surface area contributed by atoms with Crippen molar-refractivity contribution in [2.75, 3.05) is 33.9 Å². The number of urea groups is 1. The van der Waals surface area contributed by atoms with Crippen molar-refractivity contribution in [1.82, 2.24) is 10.6 Å². The van der Waals surface area contributed by atoms with Gasteiger partial charge >= 0.3 is 12.0 Å². The highest BCUT2D eigenvalue weighted by atomic mass is 79.9. The van der Waals surface area contributed by atoms with Gasteiger partial charge in [0.1, 0.15) is 18.8 Å². The fraction of sp³-hybridized carbons (Fsp3) is 0.412. The monoisotopic (exact) mass is 412 g/mol. The number of hydrogen-bond donors (Lipinski definition) is 3. The van der Waals surface area contributed by atoms with Gasteiger partial charge in [0.15, 0.2) is 0 Å². The molecule has 0 aromatic heterocycles. The maximum Gasteiger partial charge on any atom is 0.337 e. The molecule has 0 fully saturated rings. The van der Waals surface area contributed by atoms with Gasteiger partial charge in [-0.3, -0.25) is 0 Å². The number of ether oxygens (including phenoxy) is 2. The molecule has 25 heavy (non-hydrogen) atoms. The van der Waals surface area contributed by atoms with Crippen LogP contribution in [0.15, 0.2) is 33.9 Å². The molecule has 3 N–H and O–H groups in total. The number of amides is 2. The van der Waals surface area contributed by atoms with E-state index < -0.39 is 5.97 Å². The van der Waals surface area contributed by atoms with Crippen molar-refractivity contribution in [3.05, 3.63) is 39.5 Å². The number of rotatable bonds is 7. The highest BCUT2D eigenvalue weighted by Crippen LogP contribution is 2.22. The summed E-state index contributed by atoms with van der Waals surface area (Å²) in [7, 11) is 3.63. The molecule has 1 aromatic rings. The van der Waals surface area contributed by atoms with Gasteiger partial charge in [-0.15, -0.1) is 0 Å². The maximum atomic E-state index is 12.1. The van der Waals surface area contributed by atoms with Gasteiger partial charge in [0.25, 0.3) is 0 Å². The third-order valence-electron chi connectivity index (χ3n) is 3.79. The quantitative estimate of drug-likeness (QED) is 0.572.